The molecule has 1 saturated heterocycles. The first kappa shape index (κ1) is 21.0. The van der Waals surface area contributed by atoms with Crippen molar-refractivity contribution in [3.63, 3.8) is 0 Å². The molecular weight excluding hydrogens is 421 g/mol. The lowest BCUT2D eigenvalue weighted by Gasteiger charge is -2.23. The third-order valence-corrected chi connectivity index (χ3v) is 6.14. The van der Waals surface area contributed by atoms with Crippen molar-refractivity contribution < 1.29 is 4.39 Å². The number of fused-ring (bicyclic) bond motifs is 1. The van der Waals surface area contributed by atoms with Gasteiger partial charge in [0.1, 0.15) is 34.7 Å². The second-order valence-corrected chi connectivity index (χ2v) is 8.29. The fourth-order valence-corrected chi connectivity index (χ4v) is 4.38. The van der Waals surface area contributed by atoms with Crippen LogP contribution in [0.2, 0.25) is 0 Å². The molecular formula is C23H24FN9. The number of rotatable bonds is 5. The smallest absolute Gasteiger partial charge is 0.146 e. The predicted molar refractivity (Wildman–Crippen MR) is 121 cm³/mol. The summed E-state index contributed by atoms with van der Waals surface area (Å²) in [6.07, 6.45) is 4.77. The van der Waals surface area contributed by atoms with Crippen molar-refractivity contribution in [1.29, 1.82) is 5.26 Å². The Morgan fingerprint density at radius 1 is 1.21 bits per heavy atom. The molecule has 0 aliphatic carbocycles. The molecule has 1 aliphatic rings. The fraction of sp³-hybridized carbons (Fsp3) is 0.348. The number of piperidine rings is 1. The number of hydrogen-bond donors (Lipinski definition) is 2. The van der Waals surface area contributed by atoms with E-state index < -0.39 is 0 Å². The van der Waals surface area contributed by atoms with E-state index in [-0.39, 0.29) is 11.9 Å². The molecule has 5 rings (SSSR count). The average Bonchev–Trinajstić information content (AvgIpc) is 3.43. The number of hydrogen-bond acceptors (Lipinski definition) is 7. The van der Waals surface area contributed by atoms with Crippen LogP contribution >= 0.6 is 0 Å². The van der Waals surface area contributed by atoms with Crippen molar-refractivity contribution in [3.05, 3.63) is 59.6 Å². The summed E-state index contributed by atoms with van der Waals surface area (Å²) in [4.78, 5) is 8.60. The van der Waals surface area contributed by atoms with Crippen molar-refractivity contribution in [2.24, 2.45) is 0 Å². The summed E-state index contributed by atoms with van der Waals surface area (Å²) in [7, 11) is 0. The summed E-state index contributed by atoms with van der Waals surface area (Å²) in [6, 6.07) is 9.16. The molecule has 1 fully saturated rings. The van der Waals surface area contributed by atoms with Gasteiger partial charge in [0.25, 0.3) is 0 Å². The zero-order valence-electron chi connectivity index (χ0n) is 18.5. The minimum atomic E-state index is -0.385. The van der Waals surface area contributed by atoms with Crippen molar-refractivity contribution in [3.8, 4) is 17.3 Å². The number of anilines is 1. The Morgan fingerprint density at radius 2 is 2.03 bits per heavy atom. The molecule has 5 heterocycles. The highest BCUT2D eigenvalue weighted by Gasteiger charge is 2.22. The van der Waals surface area contributed by atoms with E-state index in [4.69, 9.17) is 0 Å². The van der Waals surface area contributed by atoms with Gasteiger partial charge in [0.15, 0.2) is 0 Å². The number of nitrogens with zero attached hydrogens (tertiary/aromatic N) is 7. The third-order valence-electron chi connectivity index (χ3n) is 6.14. The van der Waals surface area contributed by atoms with E-state index in [1.54, 1.807) is 16.7 Å². The van der Waals surface area contributed by atoms with Crippen LogP contribution in [0.5, 0.6) is 0 Å². The molecule has 168 valence electrons. The van der Waals surface area contributed by atoms with Crippen LogP contribution < -0.4 is 10.6 Å². The Balaban J connectivity index is 1.55. The molecule has 0 saturated carbocycles. The number of halogens is 1. The zero-order chi connectivity index (χ0) is 22.9. The minimum Gasteiger partial charge on any atom is -0.363 e. The molecule has 1 aliphatic heterocycles. The van der Waals surface area contributed by atoms with E-state index in [1.807, 2.05) is 30.7 Å². The van der Waals surface area contributed by atoms with E-state index in [9.17, 15) is 9.65 Å². The monoisotopic (exact) mass is 445 g/mol. The molecule has 33 heavy (non-hydrogen) atoms. The average molecular weight is 446 g/mol. The van der Waals surface area contributed by atoms with E-state index in [2.05, 4.69) is 37.0 Å². The molecule has 10 heteroatoms. The molecule has 0 radical (unpaired) electrons. The van der Waals surface area contributed by atoms with Crippen molar-refractivity contribution in [2.75, 3.05) is 18.4 Å². The standard InChI is InChI=1S/C23H24FN9/c1-14(20-4-3-17(24)12-27-20)29-22-10-16(9-21-28-13-19(11-25)32(21)22)23-15(2)33(31-30-23)18-5-7-26-8-6-18/h3-4,9-10,12-14,18,26,29H,5-8H2,1-2H3. The highest BCUT2D eigenvalue weighted by atomic mass is 19.1. The normalized spacial score (nSPS) is 15.5. The maximum atomic E-state index is 13.3. The molecule has 1 atom stereocenters. The molecule has 1 unspecified atom stereocenters. The van der Waals surface area contributed by atoms with Gasteiger partial charge < -0.3 is 10.6 Å². The molecule has 4 aromatic rings. The SMILES string of the molecule is Cc1c(-c2cc(NC(C)c3ccc(F)cn3)n3c(C#N)cnc3c2)nnn1C1CCNCC1. The van der Waals surface area contributed by atoms with Gasteiger partial charge in [-0.05, 0) is 64.0 Å². The molecule has 0 aromatic carbocycles. The van der Waals surface area contributed by atoms with Crippen LogP contribution in [0.15, 0.2) is 36.7 Å². The maximum absolute atomic E-state index is 13.3. The summed E-state index contributed by atoms with van der Waals surface area (Å²) in [5, 5.41) is 25.3. The summed E-state index contributed by atoms with van der Waals surface area (Å²) in [5.74, 6) is 0.287. The zero-order valence-corrected chi connectivity index (χ0v) is 18.5. The number of aromatic nitrogens is 6. The third kappa shape index (κ3) is 3.91. The van der Waals surface area contributed by atoms with Crippen LogP contribution in [0.3, 0.4) is 0 Å². The number of pyridine rings is 2. The lowest BCUT2D eigenvalue weighted by molar-refractivity contribution is 0.333. The van der Waals surface area contributed by atoms with Crippen LogP contribution in [-0.2, 0) is 0 Å². The Hall–Kier alpha value is -3.84. The van der Waals surface area contributed by atoms with E-state index in [1.165, 1.54) is 12.3 Å². The quantitative estimate of drug-likeness (QED) is 0.485. The van der Waals surface area contributed by atoms with E-state index >= 15 is 0 Å². The summed E-state index contributed by atoms with van der Waals surface area (Å²) in [5.41, 5.74) is 4.36. The Bertz CT molecular complexity index is 1330. The van der Waals surface area contributed by atoms with Crippen LogP contribution in [0, 0.1) is 24.1 Å². The van der Waals surface area contributed by atoms with Crippen molar-refractivity contribution in [1.82, 2.24) is 34.7 Å². The summed E-state index contributed by atoms with van der Waals surface area (Å²) >= 11 is 0. The Labute approximate surface area is 190 Å². The summed E-state index contributed by atoms with van der Waals surface area (Å²) in [6.45, 7) is 5.91. The number of nitriles is 1. The molecule has 0 bridgehead atoms. The predicted octanol–water partition coefficient (Wildman–Crippen LogP) is 3.40. The van der Waals surface area contributed by atoms with Gasteiger partial charge in [-0.1, -0.05) is 5.21 Å². The molecule has 0 amide bonds. The molecule has 2 N–H and O–H groups in total. The van der Waals surface area contributed by atoms with Gasteiger partial charge in [0.05, 0.1) is 35.9 Å². The maximum Gasteiger partial charge on any atom is 0.146 e. The van der Waals surface area contributed by atoms with Gasteiger partial charge in [-0.2, -0.15) is 5.26 Å². The fourth-order valence-electron chi connectivity index (χ4n) is 4.38. The Morgan fingerprint density at radius 3 is 2.76 bits per heavy atom. The lowest BCUT2D eigenvalue weighted by Crippen LogP contribution is -2.30. The highest BCUT2D eigenvalue weighted by molar-refractivity contribution is 5.71. The first-order valence-electron chi connectivity index (χ1n) is 11.0. The second-order valence-electron chi connectivity index (χ2n) is 8.29. The first-order chi connectivity index (χ1) is 16.0. The largest absolute Gasteiger partial charge is 0.363 e. The van der Waals surface area contributed by atoms with E-state index in [0.717, 1.165) is 42.9 Å². The lowest BCUT2D eigenvalue weighted by atomic mass is 10.1. The van der Waals surface area contributed by atoms with Gasteiger partial charge in [-0.25, -0.2) is 14.1 Å². The number of imidazole rings is 1. The van der Waals surface area contributed by atoms with Crippen molar-refractivity contribution >= 4 is 11.5 Å². The minimum absolute atomic E-state index is 0.232. The van der Waals surface area contributed by atoms with Crippen LogP contribution in [0.25, 0.3) is 16.9 Å². The van der Waals surface area contributed by atoms with Gasteiger partial charge >= 0.3 is 0 Å². The molecule has 0 spiro atoms. The van der Waals surface area contributed by atoms with E-state index in [0.29, 0.717) is 28.9 Å². The molecule has 9 nitrogen and oxygen atoms in total. The number of nitrogens with one attached hydrogen (secondary N) is 2. The van der Waals surface area contributed by atoms with Crippen molar-refractivity contribution in [2.45, 2.75) is 38.8 Å². The first-order valence-corrected chi connectivity index (χ1v) is 11.0. The van der Waals surface area contributed by atoms with Crippen LogP contribution in [0.4, 0.5) is 10.2 Å². The highest BCUT2D eigenvalue weighted by Crippen LogP contribution is 2.30. The van der Waals surface area contributed by atoms with Gasteiger partial charge in [0.2, 0.25) is 0 Å². The van der Waals surface area contributed by atoms with Crippen LogP contribution in [-0.4, -0.2) is 42.5 Å². The molecule has 4 aromatic heterocycles. The van der Waals surface area contributed by atoms with Gasteiger partial charge in [-0.15, -0.1) is 5.10 Å². The van der Waals surface area contributed by atoms with Crippen LogP contribution in [0.1, 0.15) is 48.9 Å². The second kappa shape index (κ2) is 8.60. The Kier molecular flexibility index (Phi) is 5.48. The van der Waals surface area contributed by atoms with Gasteiger partial charge in [0, 0.05) is 5.56 Å². The van der Waals surface area contributed by atoms with Gasteiger partial charge in [-0.3, -0.25) is 9.38 Å². The topological polar surface area (TPSA) is 109 Å². The summed E-state index contributed by atoms with van der Waals surface area (Å²) < 4.78 is 17.1.